The Labute approximate surface area is 104 Å². The number of carbonyl (C=O) groups is 2. The van der Waals surface area contributed by atoms with E-state index in [2.05, 4.69) is 5.32 Å². The van der Waals surface area contributed by atoms with E-state index in [1.165, 1.54) is 19.3 Å². The van der Waals surface area contributed by atoms with Gasteiger partial charge in [-0.25, -0.2) is 0 Å². The van der Waals surface area contributed by atoms with Crippen LogP contribution in [-0.4, -0.2) is 17.7 Å². The van der Waals surface area contributed by atoms with Gasteiger partial charge in [0, 0.05) is 24.8 Å². The van der Waals surface area contributed by atoms with Crippen molar-refractivity contribution in [3.8, 4) is 0 Å². The first kappa shape index (κ1) is 14.2. The van der Waals surface area contributed by atoms with Crippen molar-refractivity contribution in [2.45, 2.75) is 71.3 Å². The van der Waals surface area contributed by atoms with E-state index in [1.54, 1.807) is 0 Å². The molecular weight excluding hydrogens is 214 g/mol. The van der Waals surface area contributed by atoms with Crippen molar-refractivity contribution in [2.24, 2.45) is 5.92 Å². The Morgan fingerprint density at radius 2 is 1.76 bits per heavy atom. The molecule has 0 heterocycles. The van der Waals surface area contributed by atoms with Crippen LogP contribution in [0.1, 0.15) is 65.2 Å². The summed E-state index contributed by atoms with van der Waals surface area (Å²) in [6, 6.07) is 0.386. The van der Waals surface area contributed by atoms with E-state index in [9.17, 15) is 9.59 Å². The summed E-state index contributed by atoms with van der Waals surface area (Å²) < 4.78 is 0. The van der Waals surface area contributed by atoms with Gasteiger partial charge in [0.2, 0.25) is 5.91 Å². The van der Waals surface area contributed by atoms with Gasteiger partial charge in [-0.15, -0.1) is 0 Å². The minimum absolute atomic E-state index is 0.0939. The third-order valence-electron chi connectivity index (χ3n) is 3.44. The van der Waals surface area contributed by atoms with Crippen molar-refractivity contribution in [2.75, 3.05) is 0 Å². The summed E-state index contributed by atoms with van der Waals surface area (Å²) in [6.45, 7) is 3.81. The van der Waals surface area contributed by atoms with E-state index >= 15 is 0 Å². The normalized spacial score (nSPS) is 17.1. The number of hydrogen-bond acceptors (Lipinski definition) is 2. The second kappa shape index (κ2) is 7.46. The van der Waals surface area contributed by atoms with Crippen molar-refractivity contribution < 1.29 is 9.59 Å². The van der Waals surface area contributed by atoms with Crippen LogP contribution in [0.2, 0.25) is 0 Å². The highest BCUT2D eigenvalue weighted by Crippen LogP contribution is 2.17. The fourth-order valence-electron chi connectivity index (χ4n) is 2.26. The number of carbonyl (C=O) groups excluding carboxylic acids is 2. The molecule has 0 aliphatic heterocycles. The van der Waals surface area contributed by atoms with E-state index in [1.807, 2.05) is 13.8 Å². The molecule has 0 aromatic carbocycles. The van der Waals surface area contributed by atoms with Gasteiger partial charge < -0.3 is 5.32 Å². The maximum Gasteiger partial charge on any atom is 0.220 e. The summed E-state index contributed by atoms with van der Waals surface area (Å²) in [6.07, 6.45) is 7.73. The third kappa shape index (κ3) is 5.85. The zero-order valence-corrected chi connectivity index (χ0v) is 11.1. The average Bonchev–Trinajstić information content (AvgIpc) is 2.30. The monoisotopic (exact) mass is 239 g/mol. The zero-order chi connectivity index (χ0) is 12.7. The Morgan fingerprint density at radius 1 is 1.12 bits per heavy atom. The van der Waals surface area contributed by atoms with Gasteiger partial charge in [0.25, 0.3) is 0 Å². The standard InChI is InChI=1S/C14H25NO2/c1-11(2)13(16)9-6-10-14(17)15-12-7-4-3-5-8-12/h11-12H,3-10H2,1-2H3,(H,15,17). The molecule has 0 spiro atoms. The molecule has 0 unspecified atom stereocenters. The van der Waals surface area contributed by atoms with Gasteiger partial charge in [-0.3, -0.25) is 9.59 Å². The van der Waals surface area contributed by atoms with E-state index in [4.69, 9.17) is 0 Å². The summed E-state index contributed by atoms with van der Waals surface area (Å²) in [5, 5.41) is 3.07. The van der Waals surface area contributed by atoms with E-state index in [0.717, 1.165) is 12.8 Å². The van der Waals surface area contributed by atoms with Crippen molar-refractivity contribution >= 4 is 11.7 Å². The van der Waals surface area contributed by atoms with Crippen LogP contribution in [-0.2, 0) is 9.59 Å². The molecule has 1 N–H and O–H groups in total. The number of ketones is 1. The lowest BCUT2D eigenvalue weighted by molar-refractivity contribution is -0.123. The van der Waals surface area contributed by atoms with Crippen LogP contribution in [0.3, 0.4) is 0 Å². The summed E-state index contributed by atoms with van der Waals surface area (Å²) in [5.41, 5.74) is 0. The van der Waals surface area contributed by atoms with E-state index in [-0.39, 0.29) is 17.6 Å². The predicted molar refractivity (Wildman–Crippen MR) is 68.7 cm³/mol. The number of Topliss-reactive ketones (excluding diaryl/α,β-unsaturated/α-hetero) is 1. The smallest absolute Gasteiger partial charge is 0.220 e. The highest BCUT2D eigenvalue weighted by Gasteiger charge is 2.15. The predicted octanol–water partition coefficient (Wildman–Crippen LogP) is 2.83. The minimum atomic E-state index is 0.0939. The molecule has 0 radical (unpaired) electrons. The lowest BCUT2D eigenvalue weighted by Gasteiger charge is -2.22. The largest absolute Gasteiger partial charge is 0.353 e. The average molecular weight is 239 g/mol. The number of hydrogen-bond donors (Lipinski definition) is 1. The molecule has 1 aliphatic carbocycles. The summed E-state index contributed by atoms with van der Waals surface area (Å²) in [5.74, 6) is 0.473. The Kier molecular flexibility index (Phi) is 6.23. The second-order valence-electron chi connectivity index (χ2n) is 5.38. The highest BCUT2D eigenvalue weighted by atomic mass is 16.1. The topological polar surface area (TPSA) is 46.2 Å². The zero-order valence-electron chi connectivity index (χ0n) is 11.1. The van der Waals surface area contributed by atoms with E-state index in [0.29, 0.717) is 25.3 Å². The molecule has 1 aliphatic rings. The van der Waals surface area contributed by atoms with Crippen LogP contribution in [0.4, 0.5) is 0 Å². The Hall–Kier alpha value is -0.860. The molecule has 98 valence electrons. The Balaban J connectivity index is 2.10. The first-order valence-electron chi connectivity index (χ1n) is 6.91. The molecule has 3 nitrogen and oxygen atoms in total. The molecule has 3 heteroatoms. The number of amides is 1. The van der Waals surface area contributed by atoms with Crippen LogP contribution in [0, 0.1) is 5.92 Å². The van der Waals surface area contributed by atoms with Crippen LogP contribution < -0.4 is 5.32 Å². The molecule has 1 rings (SSSR count). The Morgan fingerprint density at radius 3 is 2.35 bits per heavy atom. The first-order chi connectivity index (χ1) is 8.09. The fraction of sp³-hybridized carbons (Fsp3) is 0.857. The maximum atomic E-state index is 11.6. The molecule has 0 aromatic rings. The molecule has 1 saturated carbocycles. The Bertz CT molecular complexity index is 255. The lowest BCUT2D eigenvalue weighted by Crippen LogP contribution is -2.36. The summed E-state index contributed by atoms with van der Waals surface area (Å²) in [4.78, 5) is 23.0. The highest BCUT2D eigenvalue weighted by molar-refractivity contribution is 5.81. The molecular formula is C14H25NO2. The van der Waals surface area contributed by atoms with Crippen LogP contribution in [0.15, 0.2) is 0 Å². The molecule has 1 amide bonds. The number of nitrogens with one attached hydrogen (secondary N) is 1. The van der Waals surface area contributed by atoms with Gasteiger partial charge in [-0.05, 0) is 19.3 Å². The van der Waals surface area contributed by atoms with Crippen LogP contribution in [0.25, 0.3) is 0 Å². The van der Waals surface area contributed by atoms with Crippen molar-refractivity contribution in [1.29, 1.82) is 0 Å². The summed E-state index contributed by atoms with van der Waals surface area (Å²) in [7, 11) is 0. The quantitative estimate of drug-likeness (QED) is 0.774. The number of rotatable bonds is 6. The molecule has 0 bridgehead atoms. The van der Waals surface area contributed by atoms with Gasteiger partial charge in [0.15, 0.2) is 0 Å². The van der Waals surface area contributed by atoms with Gasteiger partial charge in [0.1, 0.15) is 5.78 Å². The molecule has 0 aromatic heterocycles. The molecule has 17 heavy (non-hydrogen) atoms. The van der Waals surface area contributed by atoms with Gasteiger partial charge in [-0.1, -0.05) is 33.1 Å². The first-order valence-corrected chi connectivity index (χ1v) is 6.91. The summed E-state index contributed by atoms with van der Waals surface area (Å²) >= 11 is 0. The van der Waals surface area contributed by atoms with Crippen LogP contribution in [0.5, 0.6) is 0 Å². The third-order valence-corrected chi connectivity index (χ3v) is 3.44. The van der Waals surface area contributed by atoms with Crippen molar-refractivity contribution in [3.63, 3.8) is 0 Å². The molecule has 1 fully saturated rings. The minimum Gasteiger partial charge on any atom is -0.353 e. The van der Waals surface area contributed by atoms with Gasteiger partial charge >= 0.3 is 0 Å². The second-order valence-corrected chi connectivity index (χ2v) is 5.38. The SMILES string of the molecule is CC(C)C(=O)CCCC(=O)NC1CCCCC1. The van der Waals surface area contributed by atoms with Gasteiger partial charge in [-0.2, -0.15) is 0 Å². The van der Waals surface area contributed by atoms with E-state index < -0.39 is 0 Å². The van der Waals surface area contributed by atoms with Crippen LogP contribution >= 0.6 is 0 Å². The molecule has 0 saturated heterocycles. The van der Waals surface area contributed by atoms with Crippen molar-refractivity contribution in [3.05, 3.63) is 0 Å². The maximum absolute atomic E-state index is 11.6. The van der Waals surface area contributed by atoms with Crippen molar-refractivity contribution in [1.82, 2.24) is 5.32 Å². The molecule has 0 atom stereocenters. The van der Waals surface area contributed by atoms with Gasteiger partial charge in [0.05, 0.1) is 0 Å². The lowest BCUT2D eigenvalue weighted by atomic mass is 9.95. The fourth-order valence-corrected chi connectivity index (χ4v) is 2.26.